The van der Waals surface area contributed by atoms with E-state index < -0.39 is 0 Å². The van der Waals surface area contributed by atoms with Gasteiger partial charge in [-0.15, -0.1) is 0 Å². The maximum absolute atomic E-state index is 11.6. The maximum atomic E-state index is 11.6. The van der Waals surface area contributed by atoms with Crippen LogP contribution >= 0.6 is 0 Å². The second-order valence-corrected chi connectivity index (χ2v) is 3.64. The summed E-state index contributed by atoms with van der Waals surface area (Å²) in [7, 11) is 3.29. The summed E-state index contributed by atoms with van der Waals surface area (Å²) in [5, 5.41) is 8.50. The molecule has 0 saturated carbocycles. The number of hydrogen-bond acceptors (Lipinski definition) is 3. The highest BCUT2D eigenvalue weighted by atomic mass is 16.5. The van der Waals surface area contributed by atoms with Crippen molar-refractivity contribution in [2.45, 2.75) is 19.8 Å². The molecule has 1 rings (SSSR count). The molecule has 0 atom stereocenters. The molecule has 0 radical (unpaired) electrons. The van der Waals surface area contributed by atoms with E-state index in [1.54, 1.807) is 14.2 Å². The Bertz CT molecular complexity index is 449. The number of ether oxygens (including phenoxy) is 1. The van der Waals surface area contributed by atoms with E-state index in [0.717, 1.165) is 23.4 Å². The molecule has 0 aliphatic heterocycles. The van der Waals surface area contributed by atoms with Crippen molar-refractivity contribution in [3.63, 3.8) is 0 Å². The zero-order chi connectivity index (χ0) is 12.8. The van der Waals surface area contributed by atoms with Crippen molar-refractivity contribution in [2.75, 3.05) is 19.1 Å². The summed E-state index contributed by atoms with van der Waals surface area (Å²) in [6, 6.07) is 7.41. The summed E-state index contributed by atoms with van der Waals surface area (Å²) >= 11 is 0. The zero-order valence-electron chi connectivity index (χ0n) is 10.4. The van der Waals surface area contributed by atoms with E-state index in [0.29, 0.717) is 0 Å². The predicted molar refractivity (Wildman–Crippen MR) is 66.0 cm³/mol. The highest BCUT2D eigenvalue weighted by Crippen LogP contribution is 2.25. The summed E-state index contributed by atoms with van der Waals surface area (Å²) in [5.74, 6) is 0.608. The van der Waals surface area contributed by atoms with Gasteiger partial charge in [0, 0.05) is 12.7 Å². The molecule has 0 aliphatic rings. The average molecular weight is 232 g/mol. The molecule has 0 fully saturated rings. The number of benzene rings is 1. The van der Waals surface area contributed by atoms with Crippen molar-refractivity contribution in [2.24, 2.45) is 0 Å². The lowest BCUT2D eigenvalue weighted by molar-refractivity contribution is -0.117. The highest BCUT2D eigenvalue weighted by molar-refractivity contribution is 5.94. The van der Waals surface area contributed by atoms with E-state index in [1.807, 2.05) is 31.2 Å². The predicted octanol–water partition coefficient (Wildman–Crippen LogP) is 2.13. The topological polar surface area (TPSA) is 53.3 Å². The molecular weight excluding hydrogens is 216 g/mol. The Labute approximate surface area is 101 Å². The van der Waals surface area contributed by atoms with Gasteiger partial charge in [0.25, 0.3) is 0 Å². The fourth-order valence-corrected chi connectivity index (χ4v) is 1.58. The first kappa shape index (κ1) is 13.0. The molecule has 1 aromatic rings. The summed E-state index contributed by atoms with van der Waals surface area (Å²) < 4.78 is 5.22. The van der Waals surface area contributed by atoms with E-state index in [-0.39, 0.29) is 12.3 Å². The smallest absolute Gasteiger partial charge is 0.240 e. The Morgan fingerprint density at radius 2 is 2.24 bits per heavy atom. The molecular formula is C13H16N2O2. The highest BCUT2D eigenvalue weighted by Gasteiger charge is 2.12. The molecule has 0 saturated heterocycles. The maximum Gasteiger partial charge on any atom is 0.240 e. The minimum atomic E-state index is -0.209. The van der Waals surface area contributed by atoms with Crippen LogP contribution in [0.15, 0.2) is 18.2 Å². The van der Waals surface area contributed by atoms with Crippen LogP contribution in [-0.2, 0) is 11.2 Å². The lowest BCUT2D eigenvalue weighted by Crippen LogP contribution is -2.25. The number of hydrogen-bond donors (Lipinski definition) is 0. The number of nitriles is 1. The number of methoxy groups -OCH3 is 1. The van der Waals surface area contributed by atoms with Crippen molar-refractivity contribution in [3.05, 3.63) is 23.8 Å². The molecule has 4 heteroatoms. The van der Waals surface area contributed by atoms with E-state index >= 15 is 0 Å². The fourth-order valence-electron chi connectivity index (χ4n) is 1.58. The molecule has 17 heavy (non-hydrogen) atoms. The first-order valence-electron chi connectivity index (χ1n) is 5.44. The van der Waals surface area contributed by atoms with Crippen LogP contribution in [0.25, 0.3) is 0 Å². The number of carbonyl (C=O) groups excluding carboxylic acids is 1. The Hall–Kier alpha value is -2.02. The second kappa shape index (κ2) is 5.90. The molecule has 0 spiro atoms. The molecule has 0 heterocycles. The van der Waals surface area contributed by atoms with Gasteiger partial charge in [0.15, 0.2) is 0 Å². The second-order valence-electron chi connectivity index (χ2n) is 3.64. The lowest BCUT2D eigenvalue weighted by atomic mass is 10.1. The zero-order valence-corrected chi connectivity index (χ0v) is 10.4. The van der Waals surface area contributed by atoms with Crippen LogP contribution in [0, 0.1) is 11.3 Å². The van der Waals surface area contributed by atoms with Gasteiger partial charge in [-0.05, 0) is 30.2 Å². The fraction of sp³-hybridized carbons (Fsp3) is 0.385. The summed E-state index contributed by atoms with van der Waals surface area (Å²) in [5.41, 5.74) is 1.82. The average Bonchev–Trinajstić information content (AvgIpc) is 2.37. The van der Waals surface area contributed by atoms with Gasteiger partial charge in [0.2, 0.25) is 5.91 Å². The number of carbonyl (C=O) groups is 1. The van der Waals surface area contributed by atoms with Crippen molar-refractivity contribution >= 4 is 11.6 Å². The van der Waals surface area contributed by atoms with Gasteiger partial charge in [-0.1, -0.05) is 6.92 Å². The normalized spacial score (nSPS) is 9.53. The van der Waals surface area contributed by atoms with Gasteiger partial charge in [-0.25, -0.2) is 0 Å². The van der Waals surface area contributed by atoms with E-state index in [2.05, 4.69) is 0 Å². The third kappa shape index (κ3) is 2.97. The van der Waals surface area contributed by atoms with E-state index in [1.165, 1.54) is 4.90 Å². The molecule has 4 nitrogen and oxygen atoms in total. The molecule has 0 aliphatic carbocycles. The Kier molecular flexibility index (Phi) is 4.53. The first-order valence-corrected chi connectivity index (χ1v) is 5.44. The number of amides is 1. The molecule has 0 N–H and O–H groups in total. The largest absolute Gasteiger partial charge is 0.496 e. The lowest BCUT2D eigenvalue weighted by Gasteiger charge is -2.18. The monoisotopic (exact) mass is 232 g/mol. The van der Waals surface area contributed by atoms with Gasteiger partial charge in [0.1, 0.15) is 12.2 Å². The van der Waals surface area contributed by atoms with E-state index in [4.69, 9.17) is 10.00 Å². The van der Waals surface area contributed by atoms with Gasteiger partial charge < -0.3 is 9.64 Å². The SMILES string of the molecule is CCc1cc(N(C)C(=O)CC#N)ccc1OC. The molecule has 0 unspecified atom stereocenters. The van der Waals surface area contributed by atoms with Crippen molar-refractivity contribution in [3.8, 4) is 11.8 Å². The van der Waals surface area contributed by atoms with Gasteiger partial charge in [-0.3, -0.25) is 4.79 Å². The quantitative estimate of drug-likeness (QED) is 0.799. The first-order chi connectivity index (χ1) is 8.13. The molecule has 0 bridgehead atoms. The minimum absolute atomic E-state index is 0.107. The Morgan fingerprint density at radius 3 is 2.76 bits per heavy atom. The summed E-state index contributed by atoms with van der Waals surface area (Å²) in [4.78, 5) is 13.1. The van der Waals surface area contributed by atoms with Crippen LogP contribution < -0.4 is 9.64 Å². The molecule has 1 amide bonds. The van der Waals surface area contributed by atoms with Crippen LogP contribution in [-0.4, -0.2) is 20.1 Å². The number of rotatable bonds is 4. The standard InChI is InChI=1S/C13H16N2O2/c1-4-10-9-11(5-6-12(10)17-3)15(2)13(16)7-8-14/h5-6,9H,4,7H2,1-3H3. The summed E-state index contributed by atoms with van der Waals surface area (Å²) in [6.45, 7) is 2.03. The summed E-state index contributed by atoms with van der Waals surface area (Å²) in [6.07, 6.45) is 0.723. The van der Waals surface area contributed by atoms with Crippen LogP contribution in [0.3, 0.4) is 0 Å². The number of anilines is 1. The van der Waals surface area contributed by atoms with Crippen LogP contribution in [0.5, 0.6) is 5.75 Å². The van der Waals surface area contributed by atoms with Gasteiger partial charge in [-0.2, -0.15) is 5.26 Å². The van der Waals surface area contributed by atoms with Gasteiger partial charge >= 0.3 is 0 Å². The molecule has 0 aromatic heterocycles. The third-order valence-electron chi connectivity index (χ3n) is 2.64. The van der Waals surface area contributed by atoms with Crippen LogP contribution in [0.2, 0.25) is 0 Å². The number of aryl methyl sites for hydroxylation is 1. The van der Waals surface area contributed by atoms with Crippen molar-refractivity contribution in [1.29, 1.82) is 5.26 Å². The van der Waals surface area contributed by atoms with Crippen molar-refractivity contribution < 1.29 is 9.53 Å². The number of nitrogens with zero attached hydrogens (tertiary/aromatic N) is 2. The molecule has 1 aromatic carbocycles. The van der Waals surface area contributed by atoms with Crippen LogP contribution in [0.1, 0.15) is 18.9 Å². The molecule has 90 valence electrons. The van der Waals surface area contributed by atoms with E-state index in [9.17, 15) is 4.79 Å². The van der Waals surface area contributed by atoms with Crippen molar-refractivity contribution in [1.82, 2.24) is 0 Å². The Morgan fingerprint density at radius 1 is 1.53 bits per heavy atom. The third-order valence-corrected chi connectivity index (χ3v) is 2.64. The van der Waals surface area contributed by atoms with Crippen LogP contribution in [0.4, 0.5) is 5.69 Å². The van der Waals surface area contributed by atoms with Gasteiger partial charge in [0.05, 0.1) is 13.2 Å². The minimum Gasteiger partial charge on any atom is -0.496 e. The Balaban J connectivity index is 3.00.